The third kappa shape index (κ3) is 3.12. The molecule has 2 rings (SSSR count). The maximum absolute atomic E-state index is 13.2. The molecule has 0 amide bonds. The van der Waals surface area contributed by atoms with Gasteiger partial charge in [-0.1, -0.05) is 36.2 Å². The largest absolute Gasteiger partial charge is 0.307 e. The topological polar surface area (TPSA) is 12.0 Å². The van der Waals surface area contributed by atoms with Gasteiger partial charge in [0, 0.05) is 0 Å². The number of hydrogen-bond acceptors (Lipinski definition) is 1. The highest BCUT2D eigenvalue weighted by atomic mass is 35.5. The third-order valence-corrected chi connectivity index (χ3v) is 3.67. The van der Waals surface area contributed by atoms with E-state index in [0.29, 0.717) is 0 Å². The number of benzene rings is 1. The maximum Gasteiger partial charge on any atom is 0.141 e. The van der Waals surface area contributed by atoms with Gasteiger partial charge in [-0.15, -0.1) is 0 Å². The molecule has 18 heavy (non-hydrogen) atoms. The van der Waals surface area contributed by atoms with E-state index in [0.717, 1.165) is 24.9 Å². The molecule has 0 radical (unpaired) electrons. The highest BCUT2D eigenvalue weighted by Crippen LogP contribution is 2.31. The van der Waals surface area contributed by atoms with Crippen molar-refractivity contribution in [2.24, 2.45) is 0 Å². The number of halogens is 2. The van der Waals surface area contributed by atoms with Gasteiger partial charge in [0.2, 0.25) is 0 Å². The predicted octanol–water partition coefficient (Wildman–Crippen LogP) is 4.63. The first-order chi connectivity index (χ1) is 8.72. The zero-order chi connectivity index (χ0) is 13.0. The van der Waals surface area contributed by atoms with E-state index in [1.54, 1.807) is 6.07 Å². The lowest BCUT2D eigenvalue weighted by atomic mass is 9.90. The average molecular weight is 268 g/mol. The van der Waals surface area contributed by atoms with Gasteiger partial charge in [0.15, 0.2) is 0 Å². The molecule has 1 atom stereocenters. The molecule has 1 aromatic carbocycles. The van der Waals surface area contributed by atoms with Crippen LogP contribution in [-0.2, 0) is 0 Å². The lowest BCUT2D eigenvalue weighted by molar-refractivity contribution is 0.561. The van der Waals surface area contributed by atoms with E-state index >= 15 is 0 Å². The molecule has 0 saturated heterocycles. The van der Waals surface area contributed by atoms with E-state index in [2.05, 4.69) is 18.3 Å². The summed E-state index contributed by atoms with van der Waals surface area (Å²) in [6, 6.07) is 5.18. The van der Waals surface area contributed by atoms with Crippen LogP contribution in [0, 0.1) is 5.82 Å². The SMILES string of the molecule is CCNC(C1=CCCCC1)c1ccc(F)c(Cl)c1. The van der Waals surface area contributed by atoms with Crippen LogP contribution in [0.25, 0.3) is 0 Å². The molecule has 1 nitrogen and oxygen atoms in total. The molecule has 0 aliphatic heterocycles. The summed E-state index contributed by atoms with van der Waals surface area (Å²) in [5.41, 5.74) is 2.46. The Morgan fingerprint density at radius 2 is 2.22 bits per heavy atom. The van der Waals surface area contributed by atoms with Gasteiger partial charge in [-0.05, 0) is 49.9 Å². The summed E-state index contributed by atoms with van der Waals surface area (Å²) in [6.45, 7) is 2.97. The molecule has 1 aliphatic carbocycles. The van der Waals surface area contributed by atoms with Gasteiger partial charge < -0.3 is 5.32 Å². The van der Waals surface area contributed by atoms with Gasteiger partial charge >= 0.3 is 0 Å². The fourth-order valence-electron chi connectivity index (χ4n) is 2.48. The standard InChI is InChI=1S/C15H19ClFN/c1-2-18-15(11-6-4-3-5-7-11)12-8-9-14(17)13(16)10-12/h6,8-10,15,18H,2-5,7H2,1H3. The molecule has 0 bridgehead atoms. The molecule has 0 aromatic heterocycles. The van der Waals surface area contributed by atoms with Gasteiger partial charge in [0.25, 0.3) is 0 Å². The van der Waals surface area contributed by atoms with Gasteiger partial charge in [0.05, 0.1) is 11.1 Å². The van der Waals surface area contributed by atoms with E-state index in [-0.39, 0.29) is 16.9 Å². The fraction of sp³-hybridized carbons (Fsp3) is 0.467. The third-order valence-electron chi connectivity index (χ3n) is 3.38. The van der Waals surface area contributed by atoms with Crippen LogP contribution >= 0.6 is 11.6 Å². The Hall–Kier alpha value is -0.860. The van der Waals surface area contributed by atoms with E-state index in [1.165, 1.54) is 24.5 Å². The van der Waals surface area contributed by atoms with Crippen LogP contribution in [0.1, 0.15) is 44.2 Å². The summed E-state index contributed by atoms with van der Waals surface area (Å²) >= 11 is 5.87. The molecular formula is C15H19ClFN. The first-order valence-electron chi connectivity index (χ1n) is 6.59. The Bertz CT molecular complexity index is 442. The summed E-state index contributed by atoms with van der Waals surface area (Å²) < 4.78 is 13.2. The van der Waals surface area contributed by atoms with Crippen LogP contribution in [0.2, 0.25) is 5.02 Å². The number of nitrogens with one attached hydrogen (secondary N) is 1. The van der Waals surface area contributed by atoms with E-state index in [1.807, 2.05) is 6.07 Å². The Morgan fingerprint density at radius 3 is 2.83 bits per heavy atom. The van der Waals surface area contributed by atoms with Crippen molar-refractivity contribution in [1.29, 1.82) is 0 Å². The first kappa shape index (κ1) is 13.6. The molecule has 1 N–H and O–H groups in total. The molecule has 1 aliphatic rings. The van der Waals surface area contributed by atoms with E-state index in [9.17, 15) is 4.39 Å². The Labute approximate surface area is 113 Å². The molecule has 0 fully saturated rings. The molecular weight excluding hydrogens is 249 g/mol. The van der Waals surface area contributed by atoms with Crippen molar-refractivity contribution in [3.8, 4) is 0 Å². The van der Waals surface area contributed by atoms with E-state index in [4.69, 9.17) is 11.6 Å². The number of hydrogen-bond donors (Lipinski definition) is 1. The summed E-state index contributed by atoms with van der Waals surface area (Å²) in [5.74, 6) is -0.353. The van der Waals surface area contributed by atoms with Crippen molar-refractivity contribution in [1.82, 2.24) is 5.32 Å². The fourth-order valence-corrected chi connectivity index (χ4v) is 2.67. The molecule has 1 unspecified atom stereocenters. The maximum atomic E-state index is 13.2. The van der Waals surface area contributed by atoms with Gasteiger partial charge in [-0.3, -0.25) is 0 Å². The van der Waals surface area contributed by atoms with Gasteiger partial charge in [-0.25, -0.2) is 4.39 Å². The Morgan fingerprint density at radius 1 is 1.39 bits per heavy atom. The predicted molar refractivity (Wildman–Crippen MR) is 74.4 cm³/mol. The second kappa shape index (κ2) is 6.35. The molecule has 0 spiro atoms. The lowest BCUT2D eigenvalue weighted by Gasteiger charge is -2.24. The Kier molecular flexibility index (Phi) is 4.79. The van der Waals surface area contributed by atoms with Crippen molar-refractivity contribution in [2.75, 3.05) is 6.54 Å². The van der Waals surface area contributed by atoms with Crippen LogP contribution in [0.4, 0.5) is 4.39 Å². The van der Waals surface area contributed by atoms with Crippen molar-refractivity contribution >= 4 is 11.6 Å². The lowest BCUT2D eigenvalue weighted by Crippen LogP contribution is -2.23. The highest BCUT2D eigenvalue weighted by molar-refractivity contribution is 6.30. The van der Waals surface area contributed by atoms with Crippen molar-refractivity contribution in [3.63, 3.8) is 0 Å². The second-order valence-electron chi connectivity index (χ2n) is 4.69. The molecule has 1 aromatic rings. The van der Waals surface area contributed by atoms with Crippen LogP contribution in [-0.4, -0.2) is 6.54 Å². The molecule has 0 saturated carbocycles. The zero-order valence-electron chi connectivity index (χ0n) is 10.7. The monoisotopic (exact) mass is 267 g/mol. The van der Waals surface area contributed by atoms with Crippen LogP contribution < -0.4 is 5.32 Å². The van der Waals surface area contributed by atoms with E-state index < -0.39 is 0 Å². The van der Waals surface area contributed by atoms with Crippen LogP contribution in [0.15, 0.2) is 29.8 Å². The summed E-state index contributed by atoms with van der Waals surface area (Å²) in [5, 5.41) is 3.67. The van der Waals surface area contributed by atoms with Crippen LogP contribution in [0.3, 0.4) is 0 Å². The average Bonchev–Trinajstić information content (AvgIpc) is 2.40. The minimum Gasteiger partial charge on any atom is -0.307 e. The number of allylic oxidation sites excluding steroid dienone is 1. The normalized spacial score (nSPS) is 17.4. The molecule has 3 heteroatoms. The number of rotatable bonds is 4. The summed E-state index contributed by atoms with van der Waals surface area (Å²) in [6.07, 6.45) is 7.09. The quantitative estimate of drug-likeness (QED) is 0.785. The number of likely N-dealkylation sites (N-methyl/N-ethyl adjacent to an activating group) is 1. The highest BCUT2D eigenvalue weighted by Gasteiger charge is 2.18. The molecule has 98 valence electrons. The zero-order valence-corrected chi connectivity index (χ0v) is 11.4. The second-order valence-corrected chi connectivity index (χ2v) is 5.10. The summed E-state index contributed by atoms with van der Waals surface area (Å²) in [4.78, 5) is 0. The Balaban J connectivity index is 2.28. The smallest absolute Gasteiger partial charge is 0.141 e. The molecule has 0 heterocycles. The van der Waals surface area contributed by atoms with Crippen molar-refractivity contribution in [2.45, 2.75) is 38.6 Å². The first-order valence-corrected chi connectivity index (χ1v) is 6.97. The van der Waals surface area contributed by atoms with Gasteiger partial charge in [0.1, 0.15) is 5.82 Å². The summed E-state index contributed by atoms with van der Waals surface area (Å²) in [7, 11) is 0. The van der Waals surface area contributed by atoms with Crippen molar-refractivity contribution in [3.05, 3.63) is 46.3 Å². The minimum atomic E-state index is -0.353. The minimum absolute atomic E-state index is 0.174. The van der Waals surface area contributed by atoms with Crippen LogP contribution in [0.5, 0.6) is 0 Å². The van der Waals surface area contributed by atoms with Gasteiger partial charge in [-0.2, -0.15) is 0 Å². The van der Waals surface area contributed by atoms with Crippen molar-refractivity contribution < 1.29 is 4.39 Å².